The number of anilines is 1. The number of non-ortho nitro benzene ring substituents is 1. The molecule has 2 rings (SSSR count). The predicted octanol–water partition coefficient (Wildman–Crippen LogP) is 1.70. The smallest absolute Gasteiger partial charge is 0.274 e. The number of aliphatic hydroxyl groups is 1. The van der Waals surface area contributed by atoms with Crippen LogP contribution in [0.2, 0.25) is 0 Å². The normalized spacial score (nSPS) is 17.2. The third-order valence-electron chi connectivity index (χ3n) is 2.91. The average molecular weight is 240 g/mol. The van der Waals surface area contributed by atoms with Gasteiger partial charge in [-0.25, -0.2) is 4.39 Å². The van der Waals surface area contributed by atoms with Crippen LogP contribution in [0.5, 0.6) is 0 Å². The summed E-state index contributed by atoms with van der Waals surface area (Å²) in [6.07, 6.45) is 0.879. The Bertz CT molecular complexity index is 431. The second kappa shape index (κ2) is 4.67. The Balaban J connectivity index is 2.23. The summed E-state index contributed by atoms with van der Waals surface area (Å²) in [7, 11) is 0. The SMILES string of the molecule is O=[N+]([O-])c1cc(F)cc(N2CCC(O)CC2)c1. The van der Waals surface area contributed by atoms with Crippen molar-refractivity contribution in [2.75, 3.05) is 18.0 Å². The van der Waals surface area contributed by atoms with Crippen LogP contribution in [-0.4, -0.2) is 29.2 Å². The van der Waals surface area contributed by atoms with Gasteiger partial charge in [0.1, 0.15) is 5.82 Å². The van der Waals surface area contributed by atoms with Crippen molar-refractivity contribution in [2.45, 2.75) is 18.9 Å². The lowest BCUT2D eigenvalue weighted by Crippen LogP contribution is -2.35. The first-order chi connectivity index (χ1) is 8.06. The summed E-state index contributed by atoms with van der Waals surface area (Å²) in [5, 5.41) is 20.0. The summed E-state index contributed by atoms with van der Waals surface area (Å²) < 4.78 is 13.2. The average Bonchev–Trinajstić information content (AvgIpc) is 2.29. The van der Waals surface area contributed by atoms with Gasteiger partial charge in [0, 0.05) is 24.8 Å². The van der Waals surface area contributed by atoms with Gasteiger partial charge in [0.05, 0.1) is 17.1 Å². The third kappa shape index (κ3) is 2.71. The van der Waals surface area contributed by atoms with Gasteiger partial charge >= 0.3 is 0 Å². The number of aliphatic hydroxyl groups excluding tert-OH is 1. The van der Waals surface area contributed by atoms with Crippen molar-refractivity contribution in [3.63, 3.8) is 0 Å². The van der Waals surface area contributed by atoms with Crippen LogP contribution in [0.25, 0.3) is 0 Å². The van der Waals surface area contributed by atoms with Gasteiger partial charge in [0.25, 0.3) is 5.69 Å². The van der Waals surface area contributed by atoms with Gasteiger partial charge in [-0.1, -0.05) is 0 Å². The zero-order chi connectivity index (χ0) is 12.4. The fourth-order valence-electron chi connectivity index (χ4n) is 1.97. The second-order valence-corrected chi connectivity index (χ2v) is 4.14. The fourth-order valence-corrected chi connectivity index (χ4v) is 1.97. The molecule has 6 heteroatoms. The standard InChI is InChI=1S/C11H13FN2O3/c12-8-5-9(7-10(6-8)14(16)17)13-3-1-11(15)2-4-13/h5-7,11,15H,1-4H2. The van der Waals surface area contributed by atoms with Crippen molar-refractivity contribution in [3.05, 3.63) is 34.1 Å². The molecule has 0 aromatic heterocycles. The number of nitro groups is 1. The van der Waals surface area contributed by atoms with E-state index >= 15 is 0 Å². The maximum atomic E-state index is 13.2. The molecule has 1 saturated heterocycles. The molecule has 92 valence electrons. The fraction of sp³-hybridized carbons (Fsp3) is 0.455. The van der Waals surface area contributed by atoms with E-state index in [1.807, 2.05) is 4.90 Å². The molecule has 0 atom stereocenters. The first-order valence-corrected chi connectivity index (χ1v) is 5.44. The maximum absolute atomic E-state index is 13.2. The summed E-state index contributed by atoms with van der Waals surface area (Å²) in [4.78, 5) is 11.9. The molecule has 1 aliphatic rings. The highest BCUT2D eigenvalue weighted by molar-refractivity contribution is 5.53. The Morgan fingerprint density at radius 3 is 2.59 bits per heavy atom. The van der Waals surface area contributed by atoms with Crippen LogP contribution < -0.4 is 4.90 Å². The van der Waals surface area contributed by atoms with Crippen molar-refractivity contribution < 1.29 is 14.4 Å². The number of hydrogen-bond acceptors (Lipinski definition) is 4. The van der Waals surface area contributed by atoms with E-state index in [0.717, 1.165) is 6.07 Å². The summed E-state index contributed by atoms with van der Waals surface area (Å²) in [5.41, 5.74) is 0.259. The quantitative estimate of drug-likeness (QED) is 0.631. The van der Waals surface area contributed by atoms with E-state index in [0.29, 0.717) is 31.6 Å². The molecule has 0 radical (unpaired) electrons. The third-order valence-corrected chi connectivity index (χ3v) is 2.91. The Morgan fingerprint density at radius 2 is 2.00 bits per heavy atom. The number of rotatable bonds is 2. The molecular weight excluding hydrogens is 227 g/mol. The van der Waals surface area contributed by atoms with E-state index in [9.17, 15) is 19.6 Å². The topological polar surface area (TPSA) is 66.6 Å². The highest BCUT2D eigenvalue weighted by atomic mass is 19.1. The second-order valence-electron chi connectivity index (χ2n) is 4.14. The zero-order valence-corrected chi connectivity index (χ0v) is 9.17. The lowest BCUT2D eigenvalue weighted by atomic mass is 10.1. The molecule has 1 fully saturated rings. The van der Waals surface area contributed by atoms with E-state index in [1.165, 1.54) is 12.1 Å². The molecule has 5 nitrogen and oxygen atoms in total. The zero-order valence-electron chi connectivity index (χ0n) is 9.17. The Labute approximate surface area is 97.6 Å². The van der Waals surface area contributed by atoms with Gasteiger partial charge in [0.15, 0.2) is 0 Å². The van der Waals surface area contributed by atoms with E-state index in [-0.39, 0.29) is 11.8 Å². The molecule has 17 heavy (non-hydrogen) atoms. The van der Waals surface area contributed by atoms with Crippen molar-refractivity contribution in [1.29, 1.82) is 0 Å². The van der Waals surface area contributed by atoms with Crippen molar-refractivity contribution in [3.8, 4) is 0 Å². The lowest BCUT2D eigenvalue weighted by Gasteiger charge is -2.31. The Morgan fingerprint density at radius 1 is 1.35 bits per heavy atom. The van der Waals surface area contributed by atoms with Gasteiger partial charge < -0.3 is 10.0 Å². The summed E-state index contributed by atoms with van der Waals surface area (Å²) in [6.45, 7) is 1.17. The summed E-state index contributed by atoms with van der Waals surface area (Å²) in [5.74, 6) is -0.611. The number of nitro benzene ring substituents is 1. The van der Waals surface area contributed by atoms with E-state index in [1.54, 1.807) is 0 Å². The highest BCUT2D eigenvalue weighted by Gasteiger charge is 2.19. The molecule has 0 bridgehead atoms. The van der Waals surface area contributed by atoms with Crippen LogP contribution >= 0.6 is 0 Å². The van der Waals surface area contributed by atoms with Crippen molar-refractivity contribution >= 4 is 11.4 Å². The maximum Gasteiger partial charge on any atom is 0.274 e. The minimum absolute atomic E-state index is 0.244. The van der Waals surface area contributed by atoms with Crippen LogP contribution in [0.4, 0.5) is 15.8 Å². The Hall–Kier alpha value is -1.69. The summed E-state index contributed by atoms with van der Waals surface area (Å²) >= 11 is 0. The van der Waals surface area contributed by atoms with Crippen LogP contribution in [0, 0.1) is 15.9 Å². The monoisotopic (exact) mass is 240 g/mol. The van der Waals surface area contributed by atoms with Gasteiger partial charge in [0.2, 0.25) is 0 Å². The molecule has 1 heterocycles. The summed E-state index contributed by atoms with van der Waals surface area (Å²) in [6, 6.07) is 3.55. The molecule has 1 aromatic rings. The van der Waals surface area contributed by atoms with Crippen LogP contribution in [0.1, 0.15) is 12.8 Å². The first-order valence-electron chi connectivity index (χ1n) is 5.44. The predicted molar refractivity (Wildman–Crippen MR) is 60.5 cm³/mol. The van der Waals surface area contributed by atoms with Crippen LogP contribution in [-0.2, 0) is 0 Å². The molecule has 0 saturated carbocycles. The largest absolute Gasteiger partial charge is 0.393 e. The molecular formula is C11H13FN2O3. The molecule has 1 N–H and O–H groups in total. The molecule has 1 aromatic carbocycles. The number of halogens is 1. The minimum Gasteiger partial charge on any atom is -0.393 e. The molecule has 0 spiro atoms. The highest BCUT2D eigenvalue weighted by Crippen LogP contribution is 2.25. The van der Waals surface area contributed by atoms with Gasteiger partial charge in [-0.3, -0.25) is 10.1 Å². The molecule has 0 aliphatic carbocycles. The van der Waals surface area contributed by atoms with E-state index in [4.69, 9.17) is 0 Å². The molecule has 1 aliphatic heterocycles. The van der Waals surface area contributed by atoms with Crippen LogP contribution in [0.3, 0.4) is 0 Å². The Kier molecular flexibility index (Phi) is 3.23. The van der Waals surface area contributed by atoms with Gasteiger partial charge in [-0.05, 0) is 18.9 Å². The van der Waals surface area contributed by atoms with Crippen molar-refractivity contribution in [1.82, 2.24) is 0 Å². The van der Waals surface area contributed by atoms with Crippen molar-refractivity contribution in [2.24, 2.45) is 0 Å². The molecule has 0 amide bonds. The van der Waals surface area contributed by atoms with Gasteiger partial charge in [-0.15, -0.1) is 0 Å². The van der Waals surface area contributed by atoms with Crippen LogP contribution in [0.15, 0.2) is 18.2 Å². The first kappa shape index (κ1) is 11.8. The van der Waals surface area contributed by atoms with E-state index in [2.05, 4.69) is 0 Å². The number of piperidine rings is 1. The number of nitrogens with zero attached hydrogens (tertiary/aromatic N) is 2. The number of hydrogen-bond donors (Lipinski definition) is 1. The molecule has 0 unspecified atom stereocenters. The lowest BCUT2D eigenvalue weighted by molar-refractivity contribution is -0.385. The van der Waals surface area contributed by atoms with Gasteiger partial charge in [-0.2, -0.15) is 0 Å². The minimum atomic E-state index is -0.611. The van der Waals surface area contributed by atoms with E-state index < -0.39 is 10.7 Å². The number of benzene rings is 1.